The van der Waals surface area contributed by atoms with Crippen LogP contribution in [0.25, 0.3) is 32.9 Å². The van der Waals surface area contributed by atoms with Gasteiger partial charge in [-0.2, -0.15) is 0 Å². The summed E-state index contributed by atoms with van der Waals surface area (Å²) in [5, 5.41) is 15.4. The summed E-state index contributed by atoms with van der Waals surface area (Å²) in [6.07, 6.45) is 2.03. The Morgan fingerprint density at radius 1 is 1.09 bits per heavy atom. The van der Waals surface area contributed by atoms with Crippen molar-refractivity contribution in [3.63, 3.8) is 0 Å². The van der Waals surface area contributed by atoms with Gasteiger partial charge in [0.15, 0.2) is 5.75 Å². The molecule has 6 heteroatoms. The zero-order chi connectivity index (χ0) is 22.9. The van der Waals surface area contributed by atoms with Crippen LogP contribution in [0.4, 0.5) is 5.69 Å². The summed E-state index contributed by atoms with van der Waals surface area (Å²) in [4.78, 5) is 18.9. The summed E-state index contributed by atoms with van der Waals surface area (Å²) in [6.45, 7) is 7.22. The quantitative estimate of drug-likeness (QED) is 0.204. The fourth-order valence-electron chi connectivity index (χ4n) is 5.00. The van der Waals surface area contributed by atoms with Gasteiger partial charge in [-0.1, -0.05) is 37.3 Å². The molecule has 1 aliphatic rings. The lowest BCUT2D eigenvalue weighted by molar-refractivity contribution is -0.385. The lowest BCUT2D eigenvalue weighted by Crippen LogP contribution is -2.32. The molecule has 1 aliphatic heterocycles. The van der Waals surface area contributed by atoms with Crippen LogP contribution in [-0.2, 0) is 13.0 Å². The molecule has 0 bridgehead atoms. The summed E-state index contributed by atoms with van der Waals surface area (Å²) < 4.78 is 5.50. The van der Waals surface area contributed by atoms with Gasteiger partial charge in [0.05, 0.1) is 22.7 Å². The van der Waals surface area contributed by atoms with Crippen molar-refractivity contribution in [2.24, 2.45) is 0 Å². The number of ether oxygens (including phenoxy) is 1. The predicted molar refractivity (Wildman–Crippen MR) is 132 cm³/mol. The van der Waals surface area contributed by atoms with Gasteiger partial charge in [-0.3, -0.25) is 15.0 Å². The van der Waals surface area contributed by atoms with Crippen molar-refractivity contribution in [3.05, 3.63) is 75.8 Å². The van der Waals surface area contributed by atoms with E-state index in [-0.39, 0.29) is 10.6 Å². The molecule has 33 heavy (non-hydrogen) atoms. The summed E-state index contributed by atoms with van der Waals surface area (Å²) in [5.41, 5.74) is 5.00. The van der Waals surface area contributed by atoms with E-state index >= 15 is 0 Å². The van der Waals surface area contributed by atoms with E-state index in [9.17, 15) is 10.1 Å². The van der Waals surface area contributed by atoms with Crippen molar-refractivity contribution < 1.29 is 9.66 Å². The third-order valence-corrected chi connectivity index (χ3v) is 6.42. The number of nitrogens with zero attached hydrogens (tertiary/aromatic N) is 3. The topological polar surface area (TPSA) is 68.5 Å². The summed E-state index contributed by atoms with van der Waals surface area (Å²) in [7, 11) is 0. The van der Waals surface area contributed by atoms with Crippen LogP contribution in [0.5, 0.6) is 5.75 Å². The average molecular weight is 442 g/mol. The molecule has 3 aromatic carbocycles. The van der Waals surface area contributed by atoms with Crippen molar-refractivity contribution in [1.29, 1.82) is 0 Å². The van der Waals surface area contributed by atoms with Crippen LogP contribution < -0.4 is 4.74 Å². The maximum atomic E-state index is 11.8. The van der Waals surface area contributed by atoms with Gasteiger partial charge in [-0.25, -0.2) is 4.98 Å². The highest BCUT2D eigenvalue weighted by Crippen LogP contribution is 2.39. The highest BCUT2D eigenvalue weighted by Gasteiger charge is 2.25. The number of nitro benzene ring substituents is 1. The first-order valence-corrected chi connectivity index (χ1v) is 11.6. The lowest BCUT2D eigenvalue weighted by Gasteiger charge is -2.31. The zero-order valence-electron chi connectivity index (χ0n) is 19.0. The van der Waals surface area contributed by atoms with E-state index in [1.807, 2.05) is 13.0 Å². The molecule has 4 aromatic rings. The molecule has 2 heterocycles. The van der Waals surface area contributed by atoms with E-state index in [0.717, 1.165) is 49.2 Å². The molecule has 1 aromatic heterocycles. The highest BCUT2D eigenvalue weighted by molar-refractivity contribution is 6.09. The minimum Gasteiger partial charge on any atom is -0.487 e. The van der Waals surface area contributed by atoms with Gasteiger partial charge in [0.1, 0.15) is 0 Å². The molecule has 6 nitrogen and oxygen atoms in total. The van der Waals surface area contributed by atoms with Crippen LogP contribution in [-0.4, -0.2) is 34.5 Å². The monoisotopic (exact) mass is 441 g/mol. The maximum Gasteiger partial charge on any atom is 0.311 e. The summed E-state index contributed by atoms with van der Waals surface area (Å²) in [6, 6.07) is 17.8. The first-order valence-electron chi connectivity index (χ1n) is 11.6. The second-order valence-electron chi connectivity index (χ2n) is 8.50. The molecule has 0 radical (unpaired) electrons. The number of nitro groups is 1. The number of aromatic nitrogens is 1. The molecule has 0 saturated heterocycles. The normalized spacial score (nSPS) is 13.9. The number of pyridine rings is 1. The van der Waals surface area contributed by atoms with Crippen LogP contribution in [0.15, 0.2) is 54.6 Å². The predicted octanol–water partition coefficient (Wildman–Crippen LogP) is 6.13. The van der Waals surface area contributed by atoms with Crippen molar-refractivity contribution in [2.45, 2.75) is 33.2 Å². The third kappa shape index (κ3) is 3.80. The summed E-state index contributed by atoms with van der Waals surface area (Å²) in [5.74, 6) is 0.291. The maximum absolute atomic E-state index is 11.8. The standard InChI is InChI=1S/C27H27N3O3/c1-3-14-29-15-13-21-22(17-29)27(19-10-12-25(33-4-2)24(16-19)30(31)32)28-23-11-9-18-7-5-6-8-20(18)26(21)23/h5-12,16H,3-4,13-15,17H2,1-2H3. The summed E-state index contributed by atoms with van der Waals surface area (Å²) >= 11 is 0. The smallest absolute Gasteiger partial charge is 0.311 e. The SMILES string of the molecule is CCCN1CCc2c(c(-c3ccc(OCC)c([N+](=O)[O-])c3)nc3ccc4ccccc4c23)C1. The van der Waals surface area contributed by atoms with Crippen molar-refractivity contribution in [2.75, 3.05) is 19.7 Å². The van der Waals surface area contributed by atoms with Gasteiger partial charge in [0.25, 0.3) is 0 Å². The lowest BCUT2D eigenvalue weighted by atomic mass is 9.89. The zero-order valence-corrected chi connectivity index (χ0v) is 19.0. The number of hydrogen-bond acceptors (Lipinski definition) is 5. The van der Waals surface area contributed by atoms with E-state index in [0.29, 0.717) is 12.4 Å². The Hall–Kier alpha value is -3.51. The fourth-order valence-corrected chi connectivity index (χ4v) is 5.00. The fraction of sp³-hybridized carbons (Fsp3) is 0.296. The Labute approximate surface area is 193 Å². The van der Waals surface area contributed by atoms with Crippen LogP contribution >= 0.6 is 0 Å². The molecule has 0 atom stereocenters. The van der Waals surface area contributed by atoms with Gasteiger partial charge in [-0.05, 0) is 66.4 Å². The Bertz CT molecular complexity index is 1370. The van der Waals surface area contributed by atoms with E-state index < -0.39 is 0 Å². The molecular formula is C27H27N3O3. The molecule has 168 valence electrons. The molecule has 0 unspecified atom stereocenters. The van der Waals surface area contributed by atoms with E-state index in [1.165, 1.54) is 27.3 Å². The molecular weight excluding hydrogens is 414 g/mol. The van der Waals surface area contributed by atoms with E-state index in [2.05, 4.69) is 48.2 Å². The minimum absolute atomic E-state index is 0.0234. The molecule has 0 fully saturated rings. The first-order chi connectivity index (χ1) is 16.1. The van der Waals surface area contributed by atoms with Crippen LogP contribution in [0.2, 0.25) is 0 Å². The number of benzene rings is 3. The second-order valence-corrected chi connectivity index (χ2v) is 8.50. The van der Waals surface area contributed by atoms with E-state index in [4.69, 9.17) is 9.72 Å². The van der Waals surface area contributed by atoms with Gasteiger partial charge < -0.3 is 4.74 Å². The molecule has 0 saturated carbocycles. The van der Waals surface area contributed by atoms with E-state index in [1.54, 1.807) is 12.1 Å². The molecule has 0 aliphatic carbocycles. The van der Waals surface area contributed by atoms with Crippen molar-refractivity contribution >= 4 is 27.4 Å². The minimum atomic E-state index is -0.376. The Balaban J connectivity index is 1.77. The van der Waals surface area contributed by atoms with Gasteiger partial charge in [0.2, 0.25) is 0 Å². The molecule has 5 rings (SSSR count). The molecule has 0 N–H and O–H groups in total. The Morgan fingerprint density at radius 3 is 2.73 bits per heavy atom. The Kier molecular flexibility index (Phi) is 5.68. The number of fused-ring (bicyclic) bond motifs is 5. The first kappa shape index (κ1) is 21.3. The highest BCUT2D eigenvalue weighted by atomic mass is 16.6. The Morgan fingerprint density at radius 2 is 1.94 bits per heavy atom. The van der Waals surface area contributed by atoms with Crippen LogP contribution in [0.3, 0.4) is 0 Å². The van der Waals surface area contributed by atoms with Crippen molar-refractivity contribution in [1.82, 2.24) is 9.88 Å². The molecule has 0 amide bonds. The van der Waals surface area contributed by atoms with Crippen LogP contribution in [0, 0.1) is 10.1 Å². The average Bonchev–Trinajstić information content (AvgIpc) is 2.83. The van der Waals surface area contributed by atoms with Crippen molar-refractivity contribution in [3.8, 4) is 17.0 Å². The van der Waals surface area contributed by atoms with Gasteiger partial charge >= 0.3 is 5.69 Å². The van der Waals surface area contributed by atoms with Crippen LogP contribution in [0.1, 0.15) is 31.4 Å². The molecule has 0 spiro atoms. The third-order valence-electron chi connectivity index (χ3n) is 6.42. The van der Waals surface area contributed by atoms with Gasteiger partial charge in [-0.15, -0.1) is 0 Å². The largest absolute Gasteiger partial charge is 0.487 e. The number of hydrogen-bond donors (Lipinski definition) is 0. The number of rotatable bonds is 6. The second kappa shape index (κ2) is 8.79. The van der Waals surface area contributed by atoms with Gasteiger partial charge in [0, 0.05) is 30.1 Å².